The molecule has 3 amide bonds. The Bertz CT molecular complexity index is 2250. The van der Waals surface area contributed by atoms with E-state index in [9.17, 15) is 14.4 Å². The molecular formula is C43H51N9O4. The van der Waals surface area contributed by atoms with Crippen LogP contribution in [0.2, 0.25) is 0 Å². The Hall–Kier alpha value is -5.30. The van der Waals surface area contributed by atoms with Gasteiger partial charge in [0.2, 0.25) is 11.8 Å². The number of aromatic nitrogens is 5. The molecule has 5 heterocycles. The molecule has 4 aliphatic rings. The number of amides is 3. The van der Waals surface area contributed by atoms with Gasteiger partial charge < -0.3 is 35.6 Å². The molecule has 2 aromatic carbocycles. The van der Waals surface area contributed by atoms with Gasteiger partial charge in [-0.15, -0.1) is 0 Å². The van der Waals surface area contributed by atoms with Crippen LogP contribution >= 0.6 is 0 Å². The highest BCUT2D eigenvalue weighted by molar-refractivity contribution is 5.91. The number of imidazole rings is 2. The van der Waals surface area contributed by atoms with E-state index in [0.29, 0.717) is 18.7 Å². The number of benzene rings is 2. The number of nitrogens with one attached hydrogen (secondary N) is 3. The van der Waals surface area contributed by atoms with Gasteiger partial charge >= 0.3 is 6.09 Å². The van der Waals surface area contributed by atoms with Crippen LogP contribution in [-0.2, 0) is 14.3 Å². The SMILES string of the molecule is COC(=O)N[C@H](C(=O)N1CCC[C@H]1c1ncc(-c2ccc3cc(-c4ccc5nc([C@@H]6CCCN6C(=O)[C@@H](N)C6CCCC6)[nH]c5n4)ccc3c2)[nH]1)C1CCCC1. The smallest absolute Gasteiger partial charge is 0.407 e. The first-order valence-corrected chi connectivity index (χ1v) is 20.5. The summed E-state index contributed by atoms with van der Waals surface area (Å²) in [7, 11) is 1.33. The molecule has 56 heavy (non-hydrogen) atoms. The first-order chi connectivity index (χ1) is 27.3. The molecule has 0 spiro atoms. The zero-order valence-corrected chi connectivity index (χ0v) is 32.0. The fourth-order valence-corrected chi connectivity index (χ4v) is 9.83. The maximum atomic E-state index is 13.9. The molecule has 2 saturated carbocycles. The highest BCUT2D eigenvalue weighted by atomic mass is 16.5. The zero-order valence-electron chi connectivity index (χ0n) is 32.0. The van der Waals surface area contributed by atoms with Crippen LogP contribution in [0.1, 0.15) is 101 Å². The van der Waals surface area contributed by atoms with Gasteiger partial charge in [-0.25, -0.2) is 19.7 Å². The zero-order chi connectivity index (χ0) is 38.3. The van der Waals surface area contributed by atoms with Gasteiger partial charge in [-0.2, -0.15) is 0 Å². The van der Waals surface area contributed by atoms with Crippen molar-refractivity contribution in [2.45, 2.75) is 101 Å². The monoisotopic (exact) mass is 757 g/mol. The van der Waals surface area contributed by atoms with Crippen molar-refractivity contribution >= 4 is 39.8 Å². The van der Waals surface area contributed by atoms with Crippen molar-refractivity contribution in [2.24, 2.45) is 17.6 Å². The van der Waals surface area contributed by atoms with Crippen LogP contribution in [0.4, 0.5) is 4.79 Å². The number of fused-ring (bicyclic) bond motifs is 2. The molecule has 13 nitrogen and oxygen atoms in total. The van der Waals surface area contributed by atoms with Gasteiger partial charge in [-0.05, 0) is 98.2 Å². The summed E-state index contributed by atoms with van der Waals surface area (Å²) in [5.74, 6) is 1.92. The molecule has 4 atom stereocenters. The summed E-state index contributed by atoms with van der Waals surface area (Å²) >= 11 is 0. The Balaban J connectivity index is 0.905. The summed E-state index contributed by atoms with van der Waals surface area (Å²) in [6.07, 6.45) is 13.1. The fourth-order valence-electron chi connectivity index (χ4n) is 9.83. The van der Waals surface area contributed by atoms with Crippen LogP contribution in [0, 0.1) is 11.8 Å². The largest absolute Gasteiger partial charge is 0.453 e. The van der Waals surface area contributed by atoms with Gasteiger partial charge in [0.25, 0.3) is 0 Å². The molecule has 292 valence electrons. The molecule has 3 aromatic heterocycles. The van der Waals surface area contributed by atoms with E-state index in [0.717, 1.165) is 128 Å². The van der Waals surface area contributed by atoms with Gasteiger partial charge in [0.15, 0.2) is 5.65 Å². The van der Waals surface area contributed by atoms with Gasteiger partial charge in [0.1, 0.15) is 23.2 Å². The number of likely N-dealkylation sites (tertiary alicyclic amines) is 2. The number of nitrogens with zero attached hydrogens (tertiary/aromatic N) is 5. The first kappa shape index (κ1) is 36.3. The number of methoxy groups -OCH3 is 1. The second-order valence-corrected chi connectivity index (χ2v) is 16.3. The molecule has 0 bridgehead atoms. The second-order valence-electron chi connectivity index (χ2n) is 16.3. The predicted octanol–water partition coefficient (Wildman–Crippen LogP) is 6.93. The highest BCUT2D eigenvalue weighted by Crippen LogP contribution is 2.37. The standard InChI is InChI=1S/C43H51N9O4/c1-56-43(55)49-37(26-10-4-5-11-26)42(54)52-21-6-12-34(52)39-45-24-33(48-39)30-17-15-27-22-29(16-14-28(27)23-30)31-18-19-32-38(46-31)50-40(47-32)35-13-7-20-51(35)41(53)36(44)25-8-2-3-9-25/h14-19,22-26,34-37H,2-13,20-21,44H2,1H3,(H,45,48)(H,49,55)(H,46,47,50)/t34-,35-,36-,37-/m0/s1. The Labute approximate surface area is 326 Å². The maximum absolute atomic E-state index is 13.9. The van der Waals surface area contributed by atoms with Crippen molar-refractivity contribution in [1.82, 2.24) is 40.0 Å². The predicted molar refractivity (Wildman–Crippen MR) is 213 cm³/mol. The third-order valence-corrected chi connectivity index (χ3v) is 12.9. The van der Waals surface area contributed by atoms with Crippen molar-refractivity contribution in [1.29, 1.82) is 0 Å². The summed E-state index contributed by atoms with van der Waals surface area (Å²) in [4.78, 5) is 65.0. The van der Waals surface area contributed by atoms with E-state index in [2.05, 4.69) is 51.7 Å². The summed E-state index contributed by atoms with van der Waals surface area (Å²) in [5, 5.41) is 5.01. The average Bonchev–Trinajstić information content (AvgIpc) is 4.08. The average molecular weight is 758 g/mol. The van der Waals surface area contributed by atoms with E-state index < -0.39 is 18.2 Å². The van der Waals surface area contributed by atoms with Gasteiger partial charge in [0.05, 0.1) is 42.8 Å². The highest BCUT2D eigenvalue weighted by Gasteiger charge is 2.41. The molecule has 9 rings (SSSR count). The Morgan fingerprint density at radius 2 is 1.39 bits per heavy atom. The molecule has 5 N–H and O–H groups in total. The molecule has 2 saturated heterocycles. The summed E-state index contributed by atoms with van der Waals surface area (Å²) in [6.45, 7) is 1.33. The number of hydrogen-bond donors (Lipinski definition) is 4. The van der Waals surface area contributed by atoms with Crippen LogP contribution < -0.4 is 11.1 Å². The number of ether oxygens (including phenoxy) is 1. The second kappa shape index (κ2) is 15.3. The Kier molecular flexibility index (Phi) is 9.95. The topological polar surface area (TPSA) is 175 Å². The lowest BCUT2D eigenvalue weighted by atomic mass is 9.96. The lowest BCUT2D eigenvalue weighted by Gasteiger charge is -2.31. The normalized spacial score (nSPS) is 21.7. The molecule has 2 aliphatic heterocycles. The van der Waals surface area contributed by atoms with Gasteiger partial charge in [-0.3, -0.25) is 9.59 Å². The fraction of sp³-hybridized carbons (Fsp3) is 0.488. The van der Waals surface area contributed by atoms with E-state index in [1.54, 1.807) is 0 Å². The minimum absolute atomic E-state index is 0.0482. The van der Waals surface area contributed by atoms with Crippen LogP contribution in [0.5, 0.6) is 0 Å². The quantitative estimate of drug-likeness (QED) is 0.125. The molecule has 0 radical (unpaired) electrons. The molecule has 4 fully saturated rings. The van der Waals surface area contributed by atoms with Crippen LogP contribution in [-0.4, -0.2) is 84.9 Å². The van der Waals surface area contributed by atoms with E-state index >= 15 is 0 Å². The van der Waals surface area contributed by atoms with Crippen molar-refractivity contribution < 1.29 is 19.1 Å². The number of H-pyrrole nitrogens is 2. The molecule has 0 unspecified atom stereocenters. The minimum atomic E-state index is -0.593. The lowest BCUT2D eigenvalue weighted by molar-refractivity contribution is -0.136. The van der Waals surface area contributed by atoms with Crippen LogP contribution in [0.3, 0.4) is 0 Å². The molecular weight excluding hydrogens is 707 g/mol. The Morgan fingerprint density at radius 1 is 0.750 bits per heavy atom. The number of rotatable bonds is 9. The lowest BCUT2D eigenvalue weighted by Crippen LogP contribution is -2.51. The molecule has 5 aromatic rings. The van der Waals surface area contributed by atoms with E-state index in [-0.39, 0.29) is 35.7 Å². The van der Waals surface area contributed by atoms with Crippen LogP contribution in [0.25, 0.3) is 44.5 Å². The molecule has 13 heteroatoms. The third-order valence-electron chi connectivity index (χ3n) is 12.9. The maximum Gasteiger partial charge on any atom is 0.407 e. The number of aromatic amines is 2. The van der Waals surface area contributed by atoms with Crippen LogP contribution in [0.15, 0.2) is 54.7 Å². The van der Waals surface area contributed by atoms with E-state index in [1.165, 1.54) is 7.11 Å². The number of carbonyl (C=O) groups excluding carboxylic acids is 3. The third kappa shape index (κ3) is 6.90. The number of hydrogen-bond acceptors (Lipinski definition) is 8. The molecule has 2 aliphatic carbocycles. The number of pyridine rings is 1. The van der Waals surface area contributed by atoms with Crippen molar-refractivity contribution in [3.05, 3.63) is 66.4 Å². The summed E-state index contributed by atoms with van der Waals surface area (Å²) in [5.41, 5.74) is 11.7. The van der Waals surface area contributed by atoms with E-state index in [4.69, 9.17) is 25.4 Å². The van der Waals surface area contributed by atoms with Crippen molar-refractivity contribution in [3.8, 4) is 22.5 Å². The summed E-state index contributed by atoms with van der Waals surface area (Å²) in [6, 6.07) is 15.4. The minimum Gasteiger partial charge on any atom is -0.453 e. The summed E-state index contributed by atoms with van der Waals surface area (Å²) < 4.78 is 4.88. The number of nitrogens with two attached hydrogens (primary N) is 1. The Morgan fingerprint density at radius 3 is 2.11 bits per heavy atom. The number of carbonyl (C=O) groups is 3. The number of alkyl carbamates (subject to hydrolysis) is 1. The van der Waals surface area contributed by atoms with E-state index in [1.807, 2.05) is 28.1 Å². The van der Waals surface area contributed by atoms with Gasteiger partial charge in [0, 0.05) is 24.2 Å². The van der Waals surface area contributed by atoms with Crippen molar-refractivity contribution in [3.63, 3.8) is 0 Å². The van der Waals surface area contributed by atoms with Crippen molar-refractivity contribution in [2.75, 3.05) is 20.2 Å². The van der Waals surface area contributed by atoms with Gasteiger partial charge in [-0.1, -0.05) is 49.9 Å². The first-order valence-electron chi connectivity index (χ1n) is 20.5.